The highest BCUT2D eigenvalue weighted by Gasteiger charge is 2.27. The third kappa shape index (κ3) is 6.91. The zero-order valence-electron chi connectivity index (χ0n) is 20.1. The Bertz CT molecular complexity index is 773. The molecule has 6 heteroatoms. The average Bonchev–Trinajstić information content (AvgIpc) is 2.86. The van der Waals surface area contributed by atoms with Gasteiger partial charge in [-0.1, -0.05) is 39.3 Å². The van der Waals surface area contributed by atoms with Gasteiger partial charge in [0, 0.05) is 44.8 Å². The van der Waals surface area contributed by atoms with Crippen LogP contribution in [0, 0.1) is 5.92 Å². The molecule has 2 rings (SSSR count). The summed E-state index contributed by atoms with van der Waals surface area (Å²) in [4.78, 5) is 21.7. The molecule has 1 N–H and O–H groups in total. The van der Waals surface area contributed by atoms with Crippen LogP contribution in [0.25, 0.3) is 0 Å². The fraction of sp³-hybridized carbons (Fsp3) is 0.600. The summed E-state index contributed by atoms with van der Waals surface area (Å²) < 4.78 is 6.23. The van der Waals surface area contributed by atoms with Crippen molar-refractivity contribution in [1.82, 2.24) is 10.2 Å². The van der Waals surface area contributed by atoms with Crippen molar-refractivity contribution in [1.29, 1.82) is 0 Å². The Balaban J connectivity index is 2.23. The average molecular weight is 429 g/mol. The van der Waals surface area contributed by atoms with Crippen molar-refractivity contribution < 1.29 is 9.53 Å². The zero-order chi connectivity index (χ0) is 22.8. The predicted molar refractivity (Wildman–Crippen MR) is 130 cm³/mol. The summed E-state index contributed by atoms with van der Waals surface area (Å²) in [5.41, 5.74) is 3.76. The van der Waals surface area contributed by atoms with E-state index in [2.05, 4.69) is 55.2 Å². The lowest BCUT2D eigenvalue weighted by Gasteiger charge is -2.24. The summed E-state index contributed by atoms with van der Waals surface area (Å²) in [5.74, 6) is 0.475. The van der Waals surface area contributed by atoms with Gasteiger partial charge in [-0.3, -0.25) is 9.79 Å². The molecule has 1 amide bonds. The first-order chi connectivity index (χ1) is 14.9. The molecular formula is C25H40N4O2. The molecule has 0 fully saturated rings. The molecule has 0 saturated carbocycles. The molecule has 1 heterocycles. The molecule has 1 unspecified atom stereocenters. The van der Waals surface area contributed by atoms with Gasteiger partial charge in [0.25, 0.3) is 5.91 Å². The number of nitrogens with one attached hydrogen (secondary N) is 1. The van der Waals surface area contributed by atoms with E-state index in [1.54, 1.807) is 13.3 Å². The Morgan fingerprint density at radius 3 is 2.71 bits per heavy atom. The first-order valence-electron chi connectivity index (χ1n) is 11.5. The Morgan fingerprint density at radius 1 is 1.29 bits per heavy atom. The van der Waals surface area contributed by atoms with E-state index >= 15 is 0 Å². The summed E-state index contributed by atoms with van der Waals surface area (Å²) in [7, 11) is 5.75. The van der Waals surface area contributed by atoms with Gasteiger partial charge in [0.1, 0.15) is 0 Å². The molecule has 172 valence electrons. The van der Waals surface area contributed by atoms with E-state index in [-0.39, 0.29) is 12.0 Å². The molecule has 6 nitrogen and oxygen atoms in total. The third-order valence-corrected chi connectivity index (χ3v) is 5.76. The molecular weight excluding hydrogens is 388 g/mol. The lowest BCUT2D eigenvalue weighted by molar-refractivity contribution is -0.114. The third-order valence-electron chi connectivity index (χ3n) is 5.76. The molecule has 1 aliphatic rings. The molecule has 0 bridgehead atoms. The Labute approximate surface area is 188 Å². The van der Waals surface area contributed by atoms with Crippen LogP contribution in [0.1, 0.15) is 45.6 Å². The Hall–Kier alpha value is -2.18. The van der Waals surface area contributed by atoms with Crippen molar-refractivity contribution in [3.8, 4) is 0 Å². The highest BCUT2D eigenvalue weighted by molar-refractivity contribution is 6.19. The molecule has 0 saturated heterocycles. The topological polar surface area (TPSA) is 57.2 Å². The molecule has 0 aromatic heterocycles. The molecule has 1 aromatic rings. The van der Waals surface area contributed by atoms with E-state index in [0.29, 0.717) is 24.6 Å². The Kier molecular flexibility index (Phi) is 10.2. The van der Waals surface area contributed by atoms with Crippen LogP contribution in [0.15, 0.2) is 40.5 Å². The number of likely N-dealkylation sites (N-methyl/N-ethyl adjacent to an activating group) is 1. The van der Waals surface area contributed by atoms with E-state index in [4.69, 9.17) is 4.74 Å². The van der Waals surface area contributed by atoms with Crippen LogP contribution < -0.4 is 10.2 Å². The minimum atomic E-state index is 0.0190. The maximum atomic E-state index is 13.5. The molecule has 1 aromatic carbocycles. The van der Waals surface area contributed by atoms with E-state index in [1.165, 1.54) is 0 Å². The fourth-order valence-corrected chi connectivity index (χ4v) is 3.94. The molecule has 0 spiro atoms. The second-order valence-electron chi connectivity index (χ2n) is 8.53. The molecule has 31 heavy (non-hydrogen) atoms. The van der Waals surface area contributed by atoms with Crippen molar-refractivity contribution in [2.75, 3.05) is 45.7 Å². The van der Waals surface area contributed by atoms with Crippen molar-refractivity contribution in [2.45, 2.75) is 52.7 Å². The number of hydrogen-bond donors (Lipinski definition) is 1. The standard InChI is InChI=1S/C25H40N4O2/c1-7-9-23-22(17-27-5)25(30)29(15-14-28(23)6)21-11-8-10-20(16-21)18-31-24(19(2)3)12-13-26-4/h8,10-11,16-17,19,24,26H,7,9,12-15,18H2,1-6H3. The number of allylic oxidation sites excluding steroid dienone is 1. The summed E-state index contributed by atoms with van der Waals surface area (Å²) in [5, 5.41) is 3.20. The number of benzene rings is 1. The monoisotopic (exact) mass is 428 g/mol. The van der Waals surface area contributed by atoms with Crippen LogP contribution in [0.2, 0.25) is 0 Å². The smallest absolute Gasteiger partial charge is 0.261 e. The normalized spacial score (nSPS) is 16.5. The minimum Gasteiger partial charge on any atom is -0.375 e. The highest BCUT2D eigenvalue weighted by Crippen LogP contribution is 2.25. The first kappa shape index (κ1) is 25.1. The van der Waals surface area contributed by atoms with Crippen LogP contribution in [-0.4, -0.2) is 63.9 Å². The van der Waals surface area contributed by atoms with Crippen LogP contribution in [-0.2, 0) is 16.1 Å². The number of carbonyl (C=O) groups is 1. The largest absolute Gasteiger partial charge is 0.375 e. The van der Waals surface area contributed by atoms with Gasteiger partial charge in [0.05, 0.1) is 18.3 Å². The summed E-state index contributed by atoms with van der Waals surface area (Å²) in [6.07, 6.45) is 4.76. The second kappa shape index (κ2) is 12.6. The van der Waals surface area contributed by atoms with E-state index in [1.807, 2.05) is 24.1 Å². The van der Waals surface area contributed by atoms with E-state index < -0.39 is 0 Å². The number of carbonyl (C=O) groups excluding carboxylic acids is 1. The number of anilines is 1. The van der Waals surface area contributed by atoms with E-state index in [9.17, 15) is 4.79 Å². The van der Waals surface area contributed by atoms with Crippen molar-refractivity contribution in [2.24, 2.45) is 10.9 Å². The van der Waals surface area contributed by atoms with Gasteiger partial charge in [-0.05, 0) is 50.0 Å². The van der Waals surface area contributed by atoms with Gasteiger partial charge in [-0.25, -0.2) is 0 Å². The number of aliphatic imine (C=N–C) groups is 1. The van der Waals surface area contributed by atoms with Crippen LogP contribution in [0.4, 0.5) is 5.69 Å². The maximum Gasteiger partial charge on any atom is 0.261 e. The van der Waals surface area contributed by atoms with Crippen molar-refractivity contribution in [3.63, 3.8) is 0 Å². The van der Waals surface area contributed by atoms with Gasteiger partial charge in [-0.15, -0.1) is 0 Å². The quantitative estimate of drug-likeness (QED) is 0.544. The summed E-state index contributed by atoms with van der Waals surface area (Å²) in [6.45, 7) is 9.45. The molecule has 0 radical (unpaired) electrons. The summed E-state index contributed by atoms with van der Waals surface area (Å²) >= 11 is 0. The molecule has 1 atom stereocenters. The van der Waals surface area contributed by atoms with Gasteiger partial charge < -0.3 is 19.9 Å². The SMILES string of the molecule is CCCC1=C(C=NC)C(=O)N(c2cccc(COC(CCNC)C(C)C)c2)CCN1C. The lowest BCUT2D eigenvalue weighted by Crippen LogP contribution is -2.34. The van der Waals surface area contributed by atoms with Crippen molar-refractivity contribution in [3.05, 3.63) is 41.1 Å². The van der Waals surface area contributed by atoms with Gasteiger partial charge >= 0.3 is 0 Å². The molecule has 1 aliphatic heterocycles. The number of rotatable bonds is 11. The zero-order valence-corrected chi connectivity index (χ0v) is 20.1. The number of ether oxygens (including phenoxy) is 1. The Morgan fingerprint density at radius 2 is 2.06 bits per heavy atom. The maximum absolute atomic E-state index is 13.5. The van der Waals surface area contributed by atoms with Gasteiger partial charge in [-0.2, -0.15) is 0 Å². The molecule has 0 aliphatic carbocycles. The second-order valence-corrected chi connectivity index (χ2v) is 8.53. The first-order valence-corrected chi connectivity index (χ1v) is 11.5. The fourth-order valence-electron chi connectivity index (χ4n) is 3.94. The van der Waals surface area contributed by atoms with Crippen LogP contribution in [0.3, 0.4) is 0 Å². The number of amides is 1. The highest BCUT2D eigenvalue weighted by atomic mass is 16.5. The lowest BCUT2D eigenvalue weighted by atomic mass is 10.0. The summed E-state index contributed by atoms with van der Waals surface area (Å²) in [6, 6.07) is 8.17. The van der Waals surface area contributed by atoms with Crippen molar-refractivity contribution >= 4 is 17.8 Å². The minimum absolute atomic E-state index is 0.0190. The van der Waals surface area contributed by atoms with Crippen LogP contribution in [0.5, 0.6) is 0 Å². The predicted octanol–water partition coefficient (Wildman–Crippen LogP) is 3.87. The number of hydrogen-bond acceptors (Lipinski definition) is 5. The van der Waals surface area contributed by atoms with E-state index in [0.717, 1.165) is 49.3 Å². The number of nitrogens with zero attached hydrogens (tertiary/aromatic N) is 3. The van der Waals surface area contributed by atoms with Crippen LogP contribution >= 0.6 is 0 Å². The van der Waals surface area contributed by atoms with Gasteiger partial charge in [0.15, 0.2) is 0 Å². The van der Waals surface area contributed by atoms with Gasteiger partial charge in [0.2, 0.25) is 0 Å².